The van der Waals surface area contributed by atoms with Gasteiger partial charge in [0, 0.05) is 5.54 Å². The molecule has 1 amide bonds. The van der Waals surface area contributed by atoms with Crippen molar-refractivity contribution in [2.24, 2.45) is 0 Å². The highest BCUT2D eigenvalue weighted by Gasteiger charge is 2.38. The first kappa shape index (κ1) is 18.1. The SMILES string of the molecule is Cc1oc2ncnc(NC3(C)CC3)c2c1C(=O)NCc1ccc(OCF)cn1. The van der Waals surface area contributed by atoms with Crippen LogP contribution in [0.15, 0.2) is 29.1 Å². The molecular weight excluding hydrogens is 365 g/mol. The minimum Gasteiger partial charge on any atom is -0.461 e. The van der Waals surface area contributed by atoms with Gasteiger partial charge in [-0.3, -0.25) is 9.78 Å². The van der Waals surface area contributed by atoms with Crippen molar-refractivity contribution in [3.8, 4) is 5.75 Å². The number of furan rings is 1. The van der Waals surface area contributed by atoms with E-state index in [1.807, 2.05) is 0 Å². The van der Waals surface area contributed by atoms with Crippen LogP contribution in [0.3, 0.4) is 0 Å². The zero-order valence-electron chi connectivity index (χ0n) is 15.6. The molecule has 0 unspecified atom stereocenters. The van der Waals surface area contributed by atoms with E-state index in [0.717, 1.165) is 12.8 Å². The van der Waals surface area contributed by atoms with Crippen molar-refractivity contribution in [1.29, 1.82) is 0 Å². The van der Waals surface area contributed by atoms with Gasteiger partial charge in [0.2, 0.25) is 12.6 Å². The van der Waals surface area contributed by atoms with E-state index < -0.39 is 6.86 Å². The fourth-order valence-electron chi connectivity index (χ4n) is 2.93. The van der Waals surface area contributed by atoms with Crippen molar-refractivity contribution in [2.45, 2.75) is 38.8 Å². The third kappa shape index (κ3) is 3.60. The molecule has 28 heavy (non-hydrogen) atoms. The second kappa shape index (κ2) is 7.06. The number of hydrogen-bond acceptors (Lipinski definition) is 7. The van der Waals surface area contributed by atoms with Crippen LogP contribution in [0.4, 0.5) is 10.2 Å². The molecule has 0 spiro atoms. The Hall–Kier alpha value is -3.23. The van der Waals surface area contributed by atoms with Gasteiger partial charge in [0.15, 0.2) is 0 Å². The maximum absolute atomic E-state index is 12.9. The second-order valence-corrected chi connectivity index (χ2v) is 7.04. The minimum absolute atomic E-state index is 0.00640. The Balaban J connectivity index is 1.55. The molecular formula is C19H20FN5O3. The average molecular weight is 385 g/mol. The van der Waals surface area contributed by atoms with E-state index in [4.69, 9.17) is 9.15 Å². The molecule has 0 bridgehead atoms. The Kier molecular flexibility index (Phi) is 4.58. The first-order chi connectivity index (χ1) is 13.5. The van der Waals surface area contributed by atoms with Gasteiger partial charge < -0.3 is 19.8 Å². The highest BCUT2D eigenvalue weighted by molar-refractivity contribution is 6.10. The fraction of sp³-hybridized carbons (Fsp3) is 0.368. The molecule has 8 nitrogen and oxygen atoms in total. The molecule has 146 valence electrons. The molecule has 0 aliphatic heterocycles. The van der Waals surface area contributed by atoms with E-state index >= 15 is 0 Å². The van der Waals surface area contributed by atoms with E-state index in [1.165, 1.54) is 12.5 Å². The van der Waals surface area contributed by atoms with E-state index in [0.29, 0.717) is 39.7 Å². The highest BCUT2D eigenvalue weighted by atomic mass is 19.1. The zero-order valence-corrected chi connectivity index (χ0v) is 15.6. The Labute approximate surface area is 160 Å². The number of aryl methyl sites for hydroxylation is 1. The van der Waals surface area contributed by atoms with Gasteiger partial charge in [-0.25, -0.2) is 14.4 Å². The van der Waals surface area contributed by atoms with Gasteiger partial charge in [-0.15, -0.1) is 0 Å². The van der Waals surface area contributed by atoms with Gasteiger partial charge in [0.25, 0.3) is 5.91 Å². The lowest BCUT2D eigenvalue weighted by molar-refractivity contribution is 0.0950. The maximum Gasteiger partial charge on any atom is 0.255 e. The molecule has 2 N–H and O–H groups in total. The number of rotatable bonds is 7. The number of aromatic nitrogens is 3. The van der Waals surface area contributed by atoms with Crippen LogP contribution in [0.1, 0.15) is 41.6 Å². The number of hydrogen-bond donors (Lipinski definition) is 2. The molecule has 4 rings (SSSR count). The summed E-state index contributed by atoms with van der Waals surface area (Å²) in [6.07, 6.45) is 4.92. The maximum atomic E-state index is 12.9. The molecule has 9 heteroatoms. The van der Waals surface area contributed by atoms with Crippen LogP contribution in [-0.4, -0.2) is 33.3 Å². The number of nitrogens with zero attached hydrogens (tertiary/aromatic N) is 3. The van der Waals surface area contributed by atoms with Gasteiger partial charge in [-0.1, -0.05) is 0 Å². The number of amides is 1. The van der Waals surface area contributed by atoms with Gasteiger partial charge in [0.05, 0.1) is 29.4 Å². The molecule has 0 radical (unpaired) electrons. The lowest BCUT2D eigenvalue weighted by Crippen LogP contribution is -2.24. The summed E-state index contributed by atoms with van der Waals surface area (Å²) in [5.74, 6) is 1.09. The van der Waals surface area contributed by atoms with Crippen LogP contribution in [0.2, 0.25) is 0 Å². The first-order valence-electron chi connectivity index (χ1n) is 8.93. The number of ether oxygens (including phenoxy) is 1. The van der Waals surface area contributed by atoms with Gasteiger partial charge in [-0.05, 0) is 38.8 Å². The van der Waals surface area contributed by atoms with Crippen molar-refractivity contribution in [3.63, 3.8) is 0 Å². The van der Waals surface area contributed by atoms with Gasteiger partial charge in [-0.2, -0.15) is 0 Å². The van der Waals surface area contributed by atoms with Gasteiger partial charge in [0.1, 0.15) is 23.7 Å². The number of alkyl halides is 1. The lowest BCUT2D eigenvalue weighted by atomic mass is 10.1. The second-order valence-electron chi connectivity index (χ2n) is 7.04. The molecule has 0 atom stereocenters. The highest BCUT2D eigenvalue weighted by Crippen LogP contribution is 2.40. The van der Waals surface area contributed by atoms with Crippen LogP contribution in [0.25, 0.3) is 11.1 Å². The molecule has 0 saturated heterocycles. The molecule has 1 fully saturated rings. The number of anilines is 1. The Bertz CT molecular complexity index is 1010. The zero-order chi connectivity index (χ0) is 19.7. The third-order valence-electron chi connectivity index (χ3n) is 4.76. The number of carbonyl (C=O) groups excluding carboxylic acids is 1. The van der Waals surface area contributed by atoms with E-state index in [-0.39, 0.29) is 18.0 Å². The smallest absolute Gasteiger partial charge is 0.255 e. The molecule has 1 saturated carbocycles. The van der Waals surface area contributed by atoms with Crippen molar-refractivity contribution in [1.82, 2.24) is 20.3 Å². The van der Waals surface area contributed by atoms with E-state index in [9.17, 15) is 9.18 Å². The standard InChI is InChI=1S/C19H20FN5O3/c1-11-14(17(26)22-7-12-3-4-13(8-21-12)27-9-20)15-16(25-19(2)5-6-19)23-10-24-18(15)28-11/h3-4,8,10H,5-7,9H2,1-2H3,(H,22,26)(H,23,24,25). The minimum atomic E-state index is -0.915. The number of halogens is 1. The van der Waals surface area contributed by atoms with Crippen molar-refractivity contribution in [2.75, 3.05) is 12.2 Å². The Morgan fingerprint density at radius 2 is 2.14 bits per heavy atom. The summed E-state index contributed by atoms with van der Waals surface area (Å²) in [6.45, 7) is 3.12. The molecule has 3 aromatic heterocycles. The Morgan fingerprint density at radius 3 is 2.82 bits per heavy atom. The summed E-state index contributed by atoms with van der Waals surface area (Å²) < 4.78 is 22.6. The number of pyridine rings is 1. The molecule has 3 aromatic rings. The predicted molar refractivity (Wildman–Crippen MR) is 99.8 cm³/mol. The van der Waals surface area contributed by atoms with E-state index in [1.54, 1.807) is 19.1 Å². The van der Waals surface area contributed by atoms with Crippen LogP contribution in [-0.2, 0) is 6.54 Å². The molecule has 3 heterocycles. The Morgan fingerprint density at radius 1 is 1.32 bits per heavy atom. The summed E-state index contributed by atoms with van der Waals surface area (Å²) >= 11 is 0. The number of fused-ring (bicyclic) bond motifs is 1. The monoisotopic (exact) mass is 385 g/mol. The molecule has 1 aliphatic carbocycles. The summed E-state index contributed by atoms with van der Waals surface area (Å²) in [6, 6.07) is 3.26. The van der Waals surface area contributed by atoms with Crippen molar-refractivity contribution in [3.05, 3.63) is 41.7 Å². The van der Waals surface area contributed by atoms with Crippen LogP contribution < -0.4 is 15.4 Å². The lowest BCUT2D eigenvalue weighted by Gasteiger charge is -2.13. The number of carbonyl (C=O) groups is 1. The normalized spacial score (nSPS) is 14.7. The third-order valence-corrected chi connectivity index (χ3v) is 4.76. The molecule has 0 aromatic carbocycles. The summed E-state index contributed by atoms with van der Waals surface area (Å²) in [4.78, 5) is 25.5. The van der Waals surface area contributed by atoms with Crippen molar-refractivity contribution >= 4 is 22.8 Å². The van der Waals surface area contributed by atoms with Crippen LogP contribution in [0, 0.1) is 6.92 Å². The summed E-state index contributed by atoms with van der Waals surface area (Å²) in [7, 11) is 0. The predicted octanol–water partition coefficient (Wildman–Crippen LogP) is 3.13. The largest absolute Gasteiger partial charge is 0.461 e. The van der Waals surface area contributed by atoms with Crippen molar-refractivity contribution < 1.29 is 18.3 Å². The molecule has 1 aliphatic rings. The summed E-state index contributed by atoms with van der Waals surface area (Å²) in [5, 5.41) is 6.79. The van der Waals surface area contributed by atoms with Crippen LogP contribution in [0.5, 0.6) is 5.75 Å². The van der Waals surface area contributed by atoms with Crippen LogP contribution >= 0.6 is 0 Å². The quantitative estimate of drug-likeness (QED) is 0.644. The van der Waals surface area contributed by atoms with Gasteiger partial charge >= 0.3 is 0 Å². The van der Waals surface area contributed by atoms with E-state index in [2.05, 4.69) is 32.5 Å². The first-order valence-corrected chi connectivity index (χ1v) is 8.93. The topological polar surface area (TPSA) is 102 Å². The number of nitrogens with one attached hydrogen (secondary N) is 2. The summed E-state index contributed by atoms with van der Waals surface area (Å²) in [5.41, 5.74) is 1.38. The average Bonchev–Trinajstić information content (AvgIpc) is 3.29. The fourth-order valence-corrected chi connectivity index (χ4v) is 2.93.